The molecule has 4 heteroatoms. The lowest BCUT2D eigenvalue weighted by molar-refractivity contribution is 0.104. The van der Waals surface area contributed by atoms with Crippen LogP contribution in [0.3, 0.4) is 0 Å². The third kappa shape index (κ3) is 3.51. The van der Waals surface area contributed by atoms with Crippen molar-refractivity contribution in [2.75, 3.05) is 6.61 Å². The Bertz CT molecular complexity index is 428. The molecule has 0 heterocycles. The topological polar surface area (TPSA) is 32.3 Å². The number of aliphatic hydroxyl groups is 1. The van der Waals surface area contributed by atoms with Crippen LogP contribution in [0, 0.1) is 17.6 Å². The van der Waals surface area contributed by atoms with Gasteiger partial charge >= 0.3 is 0 Å². The van der Waals surface area contributed by atoms with Gasteiger partial charge in [0, 0.05) is 17.6 Å². The van der Waals surface area contributed by atoms with E-state index in [2.05, 4.69) is 12.2 Å². The quantitative estimate of drug-likeness (QED) is 0.880. The van der Waals surface area contributed by atoms with Crippen molar-refractivity contribution in [2.45, 2.75) is 44.7 Å². The van der Waals surface area contributed by atoms with Crippen LogP contribution in [-0.4, -0.2) is 17.3 Å². The van der Waals surface area contributed by atoms with Crippen molar-refractivity contribution in [1.82, 2.24) is 5.32 Å². The molecule has 2 nitrogen and oxygen atoms in total. The van der Waals surface area contributed by atoms with Gasteiger partial charge in [-0.3, -0.25) is 0 Å². The molecule has 0 aliphatic heterocycles. The summed E-state index contributed by atoms with van der Waals surface area (Å²) in [5.41, 5.74) is -0.0305. The highest BCUT2D eigenvalue weighted by atomic mass is 19.1. The van der Waals surface area contributed by atoms with E-state index in [1.54, 1.807) is 0 Å². The fourth-order valence-corrected chi connectivity index (χ4v) is 2.67. The summed E-state index contributed by atoms with van der Waals surface area (Å²) in [6, 6.07) is 3.46. The Morgan fingerprint density at radius 2 is 2.00 bits per heavy atom. The molecule has 0 bridgehead atoms. The molecule has 1 saturated carbocycles. The van der Waals surface area contributed by atoms with E-state index in [1.807, 2.05) is 0 Å². The lowest BCUT2D eigenvalue weighted by Gasteiger charge is -2.39. The van der Waals surface area contributed by atoms with Crippen molar-refractivity contribution in [2.24, 2.45) is 5.92 Å². The van der Waals surface area contributed by atoms with Crippen LogP contribution in [-0.2, 0) is 6.54 Å². The second kappa shape index (κ2) is 5.97. The largest absolute Gasteiger partial charge is 0.394 e. The van der Waals surface area contributed by atoms with E-state index in [1.165, 1.54) is 6.07 Å². The number of nitrogens with one attached hydrogen (secondary N) is 1. The molecule has 0 amide bonds. The van der Waals surface area contributed by atoms with Gasteiger partial charge in [-0.2, -0.15) is 0 Å². The molecule has 1 aromatic carbocycles. The Kier molecular flexibility index (Phi) is 4.53. The third-order valence-corrected chi connectivity index (χ3v) is 4.20. The number of hydrogen-bond acceptors (Lipinski definition) is 2. The molecule has 106 valence electrons. The van der Waals surface area contributed by atoms with E-state index in [0.717, 1.165) is 37.8 Å². The minimum Gasteiger partial charge on any atom is -0.394 e. The predicted octanol–water partition coefficient (Wildman–Crippen LogP) is 3.00. The van der Waals surface area contributed by atoms with Gasteiger partial charge in [-0.05, 0) is 49.8 Å². The summed E-state index contributed by atoms with van der Waals surface area (Å²) in [6.07, 6.45) is 3.86. The van der Waals surface area contributed by atoms with E-state index < -0.39 is 11.6 Å². The first-order chi connectivity index (χ1) is 9.04. The molecule has 0 aromatic heterocycles. The number of aliphatic hydroxyl groups excluding tert-OH is 1. The van der Waals surface area contributed by atoms with Crippen molar-refractivity contribution in [3.05, 3.63) is 35.4 Å². The molecule has 0 saturated heterocycles. The maximum Gasteiger partial charge on any atom is 0.127 e. The number of benzene rings is 1. The lowest BCUT2D eigenvalue weighted by Crippen LogP contribution is -2.50. The minimum absolute atomic E-state index is 0.0383. The molecule has 0 spiro atoms. The summed E-state index contributed by atoms with van der Waals surface area (Å²) >= 11 is 0. The van der Waals surface area contributed by atoms with Gasteiger partial charge < -0.3 is 10.4 Å². The Labute approximate surface area is 112 Å². The van der Waals surface area contributed by atoms with Crippen molar-refractivity contribution >= 4 is 0 Å². The van der Waals surface area contributed by atoms with Crippen LogP contribution < -0.4 is 5.32 Å². The molecular weight excluding hydrogens is 248 g/mol. The fourth-order valence-electron chi connectivity index (χ4n) is 2.67. The van der Waals surface area contributed by atoms with Gasteiger partial charge in [-0.25, -0.2) is 8.78 Å². The minimum atomic E-state index is -0.437. The van der Waals surface area contributed by atoms with Crippen molar-refractivity contribution < 1.29 is 13.9 Å². The molecule has 0 radical (unpaired) electrons. The molecule has 1 aliphatic rings. The lowest BCUT2D eigenvalue weighted by atomic mass is 9.77. The van der Waals surface area contributed by atoms with Gasteiger partial charge in [-0.1, -0.05) is 6.92 Å². The van der Waals surface area contributed by atoms with Crippen LogP contribution in [0.15, 0.2) is 18.2 Å². The normalized spacial score (nSPS) is 27.5. The molecule has 1 aliphatic carbocycles. The van der Waals surface area contributed by atoms with E-state index in [0.29, 0.717) is 11.5 Å². The van der Waals surface area contributed by atoms with Gasteiger partial charge in [0.1, 0.15) is 11.6 Å². The summed E-state index contributed by atoms with van der Waals surface area (Å²) < 4.78 is 26.6. The van der Waals surface area contributed by atoms with Crippen molar-refractivity contribution in [3.63, 3.8) is 0 Å². The second-order valence-electron chi connectivity index (χ2n) is 5.71. The molecule has 2 N–H and O–H groups in total. The highest BCUT2D eigenvalue weighted by Gasteiger charge is 2.33. The Balaban J connectivity index is 2.01. The predicted molar refractivity (Wildman–Crippen MR) is 70.6 cm³/mol. The zero-order valence-corrected chi connectivity index (χ0v) is 11.3. The average Bonchev–Trinajstić information content (AvgIpc) is 2.42. The molecule has 0 atom stereocenters. The standard InChI is InChI=1S/C15H21F2NO/c1-11-4-6-15(10-19,7-5-11)18-9-12-8-13(16)2-3-14(12)17/h2-3,8,11,18-19H,4-7,9-10H2,1H3. The van der Waals surface area contributed by atoms with Gasteiger partial charge in [0.2, 0.25) is 0 Å². The van der Waals surface area contributed by atoms with Crippen LogP contribution >= 0.6 is 0 Å². The third-order valence-electron chi connectivity index (χ3n) is 4.20. The van der Waals surface area contributed by atoms with Gasteiger partial charge in [-0.15, -0.1) is 0 Å². The van der Waals surface area contributed by atoms with E-state index in [4.69, 9.17) is 0 Å². The molecule has 19 heavy (non-hydrogen) atoms. The van der Waals surface area contributed by atoms with Crippen LogP contribution in [0.1, 0.15) is 38.2 Å². The maximum atomic E-state index is 13.5. The summed E-state index contributed by atoms with van der Waals surface area (Å²) in [4.78, 5) is 0. The van der Waals surface area contributed by atoms with Gasteiger partial charge in [0.25, 0.3) is 0 Å². The molecule has 0 unspecified atom stereocenters. The first kappa shape index (κ1) is 14.4. The smallest absolute Gasteiger partial charge is 0.127 e. The summed E-state index contributed by atoms with van der Waals surface area (Å²) in [5, 5.41) is 12.8. The number of halogens is 2. The first-order valence-electron chi connectivity index (χ1n) is 6.84. The highest BCUT2D eigenvalue weighted by Crippen LogP contribution is 2.31. The first-order valence-corrected chi connectivity index (χ1v) is 6.84. The van der Waals surface area contributed by atoms with E-state index >= 15 is 0 Å². The average molecular weight is 269 g/mol. The summed E-state index contributed by atoms with van der Waals surface area (Å²) in [7, 11) is 0. The maximum absolute atomic E-state index is 13.5. The molecule has 1 aromatic rings. The summed E-state index contributed by atoms with van der Waals surface area (Å²) in [5.74, 6) is -0.174. The van der Waals surface area contributed by atoms with Crippen LogP contribution in [0.5, 0.6) is 0 Å². The van der Waals surface area contributed by atoms with Gasteiger partial charge in [0.15, 0.2) is 0 Å². The van der Waals surface area contributed by atoms with Crippen LogP contribution in [0.25, 0.3) is 0 Å². The Morgan fingerprint density at radius 1 is 1.32 bits per heavy atom. The second-order valence-corrected chi connectivity index (χ2v) is 5.71. The highest BCUT2D eigenvalue weighted by molar-refractivity contribution is 5.19. The Morgan fingerprint density at radius 3 is 2.63 bits per heavy atom. The summed E-state index contributed by atoms with van der Waals surface area (Å²) in [6.45, 7) is 2.49. The molecule has 1 fully saturated rings. The SMILES string of the molecule is CC1CCC(CO)(NCc2cc(F)ccc2F)CC1. The van der Waals surface area contributed by atoms with Crippen LogP contribution in [0.4, 0.5) is 8.78 Å². The molecular formula is C15H21F2NO. The monoisotopic (exact) mass is 269 g/mol. The fraction of sp³-hybridized carbons (Fsp3) is 0.600. The number of rotatable bonds is 4. The Hall–Kier alpha value is -1.00. The van der Waals surface area contributed by atoms with Crippen molar-refractivity contribution in [1.29, 1.82) is 0 Å². The van der Waals surface area contributed by atoms with E-state index in [-0.39, 0.29) is 18.7 Å². The zero-order chi connectivity index (χ0) is 13.9. The number of hydrogen-bond donors (Lipinski definition) is 2. The van der Waals surface area contributed by atoms with Crippen LogP contribution in [0.2, 0.25) is 0 Å². The molecule has 2 rings (SSSR count). The van der Waals surface area contributed by atoms with E-state index in [9.17, 15) is 13.9 Å². The van der Waals surface area contributed by atoms with Gasteiger partial charge in [0.05, 0.1) is 6.61 Å². The zero-order valence-electron chi connectivity index (χ0n) is 11.3. The van der Waals surface area contributed by atoms with Crippen molar-refractivity contribution in [3.8, 4) is 0 Å².